The van der Waals surface area contributed by atoms with Crippen LogP contribution in [0.15, 0.2) is 24.3 Å². The molecule has 1 N–H and O–H groups in total. The van der Waals surface area contributed by atoms with Gasteiger partial charge in [-0.2, -0.15) is 0 Å². The van der Waals surface area contributed by atoms with Gasteiger partial charge in [-0.25, -0.2) is 0 Å². The third kappa shape index (κ3) is 1.68. The first-order chi connectivity index (χ1) is 6.83. The van der Waals surface area contributed by atoms with Crippen LogP contribution in [0.25, 0.3) is 0 Å². The largest absolute Gasteiger partial charge is 0.396 e. The van der Waals surface area contributed by atoms with E-state index in [1.807, 2.05) is 12.1 Å². The summed E-state index contributed by atoms with van der Waals surface area (Å²) in [6, 6.07) is 8.24. The van der Waals surface area contributed by atoms with Crippen molar-refractivity contribution in [2.24, 2.45) is 5.92 Å². The molecule has 2 atom stereocenters. The van der Waals surface area contributed by atoms with Gasteiger partial charge in [0.2, 0.25) is 0 Å². The van der Waals surface area contributed by atoms with Crippen LogP contribution in [0.2, 0.25) is 0 Å². The summed E-state index contributed by atoms with van der Waals surface area (Å²) in [5.74, 6) is 0.274. The molecule has 1 fully saturated rings. The van der Waals surface area contributed by atoms with Gasteiger partial charge in [0.15, 0.2) is 0 Å². The molecule has 0 radical (unpaired) electrons. The van der Waals surface area contributed by atoms with Gasteiger partial charge in [-0.05, 0) is 24.5 Å². The van der Waals surface area contributed by atoms with Crippen LogP contribution in [-0.2, 0) is 4.74 Å². The van der Waals surface area contributed by atoms with Crippen LogP contribution < -0.4 is 0 Å². The van der Waals surface area contributed by atoms with E-state index in [2.05, 4.69) is 19.1 Å². The van der Waals surface area contributed by atoms with Crippen molar-refractivity contribution in [3.63, 3.8) is 0 Å². The Morgan fingerprint density at radius 3 is 2.93 bits per heavy atom. The molecular weight excluding hydrogens is 176 g/mol. The number of aliphatic hydroxyl groups is 1. The molecule has 1 saturated heterocycles. The Labute approximate surface area is 84.5 Å². The first-order valence-electron chi connectivity index (χ1n) is 5.11. The molecule has 2 rings (SSSR count). The predicted molar refractivity (Wildman–Crippen MR) is 55.1 cm³/mol. The zero-order valence-electron chi connectivity index (χ0n) is 8.44. The molecule has 1 aromatic carbocycles. The van der Waals surface area contributed by atoms with Crippen molar-refractivity contribution in [1.82, 2.24) is 0 Å². The lowest BCUT2D eigenvalue weighted by molar-refractivity contribution is 0.0716. The number of hydrogen-bond donors (Lipinski definition) is 1. The molecule has 0 saturated carbocycles. The Morgan fingerprint density at radius 1 is 1.43 bits per heavy atom. The average molecular weight is 192 g/mol. The standard InChI is InChI=1S/C12H16O2/c1-9-4-2-3-5-11(9)12-10(8-13)6-7-14-12/h2-5,10,12-13H,6-8H2,1H3. The molecule has 76 valence electrons. The lowest BCUT2D eigenvalue weighted by atomic mass is 9.93. The van der Waals surface area contributed by atoms with E-state index in [1.54, 1.807) is 0 Å². The second kappa shape index (κ2) is 4.11. The molecule has 1 aliphatic heterocycles. The molecule has 0 amide bonds. The van der Waals surface area contributed by atoms with Crippen molar-refractivity contribution in [1.29, 1.82) is 0 Å². The van der Waals surface area contributed by atoms with Gasteiger partial charge in [0.1, 0.15) is 0 Å². The lowest BCUT2D eigenvalue weighted by Gasteiger charge is -2.18. The van der Waals surface area contributed by atoms with Crippen molar-refractivity contribution in [2.75, 3.05) is 13.2 Å². The fourth-order valence-electron chi connectivity index (χ4n) is 2.07. The maximum Gasteiger partial charge on any atom is 0.0878 e. The van der Waals surface area contributed by atoms with E-state index >= 15 is 0 Å². The third-order valence-electron chi connectivity index (χ3n) is 2.94. The summed E-state index contributed by atoms with van der Waals surface area (Å²) in [4.78, 5) is 0. The summed E-state index contributed by atoms with van der Waals surface area (Å²) in [7, 11) is 0. The molecule has 2 nitrogen and oxygen atoms in total. The van der Waals surface area contributed by atoms with Gasteiger partial charge in [-0.3, -0.25) is 0 Å². The Hall–Kier alpha value is -0.860. The summed E-state index contributed by atoms with van der Waals surface area (Å²) in [5, 5.41) is 9.21. The highest BCUT2D eigenvalue weighted by Crippen LogP contribution is 2.35. The minimum atomic E-state index is 0.0983. The van der Waals surface area contributed by atoms with Crippen molar-refractivity contribution in [3.8, 4) is 0 Å². The minimum Gasteiger partial charge on any atom is -0.396 e. The lowest BCUT2D eigenvalue weighted by Crippen LogP contribution is -2.12. The number of hydrogen-bond acceptors (Lipinski definition) is 2. The quantitative estimate of drug-likeness (QED) is 0.777. The monoisotopic (exact) mass is 192 g/mol. The molecule has 0 spiro atoms. The molecule has 0 bridgehead atoms. The fourth-order valence-corrected chi connectivity index (χ4v) is 2.07. The van der Waals surface area contributed by atoms with Crippen molar-refractivity contribution < 1.29 is 9.84 Å². The molecule has 2 heteroatoms. The molecular formula is C12H16O2. The summed E-state index contributed by atoms with van der Waals surface area (Å²) in [5.41, 5.74) is 2.47. The second-order valence-electron chi connectivity index (χ2n) is 3.88. The third-order valence-corrected chi connectivity index (χ3v) is 2.94. The summed E-state index contributed by atoms with van der Waals surface area (Å²) < 4.78 is 5.66. The Bertz CT molecular complexity index is 309. The smallest absolute Gasteiger partial charge is 0.0878 e. The van der Waals surface area contributed by atoms with Gasteiger partial charge >= 0.3 is 0 Å². The second-order valence-corrected chi connectivity index (χ2v) is 3.88. The van der Waals surface area contributed by atoms with Gasteiger partial charge in [0.05, 0.1) is 6.10 Å². The molecule has 2 unspecified atom stereocenters. The first-order valence-corrected chi connectivity index (χ1v) is 5.11. The van der Waals surface area contributed by atoms with Crippen molar-refractivity contribution in [3.05, 3.63) is 35.4 Å². The molecule has 0 aromatic heterocycles. The van der Waals surface area contributed by atoms with Crippen LogP contribution in [-0.4, -0.2) is 18.3 Å². The van der Waals surface area contributed by atoms with Crippen LogP contribution >= 0.6 is 0 Å². The SMILES string of the molecule is Cc1ccccc1C1OCCC1CO. The van der Waals surface area contributed by atoms with E-state index in [0.29, 0.717) is 0 Å². The van der Waals surface area contributed by atoms with Crippen LogP contribution in [0, 0.1) is 12.8 Å². The van der Waals surface area contributed by atoms with Crippen LogP contribution in [0.3, 0.4) is 0 Å². The maximum absolute atomic E-state index is 9.21. The Kier molecular flexibility index (Phi) is 2.85. The number of rotatable bonds is 2. The number of aryl methyl sites for hydroxylation is 1. The Balaban J connectivity index is 2.26. The molecule has 1 heterocycles. The van der Waals surface area contributed by atoms with Gasteiger partial charge in [0.25, 0.3) is 0 Å². The van der Waals surface area contributed by atoms with Crippen LogP contribution in [0.4, 0.5) is 0 Å². The zero-order chi connectivity index (χ0) is 9.97. The van der Waals surface area contributed by atoms with Gasteiger partial charge in [0, 0.05) is 19.1 Å². The highest BCUT2D eigenvalue weighted by atomic mass is 16.5. The molecule has 1 aliphatic rings. The van der Waals surface area contributed by atoms with Gasteiger partial charge in [-0.15, -0.1) is 0 Å². The normalized spacial score (nSPS) is 26.7. The topological polar surface area (TPSA) is 29.5 Å². The van der Waals surface area contributed by atoms with E-state index in [-0.39, 0.29) is 18.6 Å². The van der Waals surface area contributed by atoms with Gasteiger partial charge in [-0.1, -0.05) is 24.3 Å². The van der Waals surface area contributed by atoms with E-state index < -0.39 is 0 Å². The molecule has 0 aliphatic carbocycles. The van der Waals surface area contributed by atoms with E-state index in [0.717, 1.165) is 13.0 Å². The summed E-state index contributed by atoms with van der Waals surface area (Å²) in [6.07, 6.45) is 1.07. The number of ether oxygens (including phenoxy) is 1. The van der Waals surface area contributed by atoms with E-state index in [4.69, 9.17) is 4.74 Å². The highest BCUT2D eigenvalue weighted by Gasteiger charge is 2.29. The van der Waals surface area contributed by atoms with Crippen molar-refractivity contribution in [2.45, 2.75) is 19.4 Å². The Morgan fingerprint density at radius 2 is 2.21 bits per heavy atom. The fraction of sp³-hybridized carbons (Fsp3) is 0.500. The summed E-state index contributed by atoms with van der Waals surface area (Å²) >= 11 is 0. The number of aliphatic hydroxyl groups excluding tert-OH is 1. The summed E-state index contributed by atoms with van der Waals surface area (Å²) in [6.45, 7) is 3.08. The van der Waals surface area contributed by atoms with E-state index in [9.17, 15) is 5.11 Å². The minimum absolute atomic E-state index is 0.0983. The van der Waals surface area contributed by atoms with Crippen LogP contribution in [0.5, 0.6) is 0 Å². The van der Waals surface area contributed by atoms with Crippen molar-refractivity contribution >= 4 is 0 Å². The maximum atomic E-state index is 9.21. The molecule has 1 aromatic rings. The first kappa shape index (κ1) is 9.69. The highest BCUT2D eigenvalue weighted by molar-refractivity contribution is 5.28. The zero-order valence-corrected chi connectivity index (χ0v) is 8.44. The van der Waals surface area contributed by atoms with Crippen LogP contribution in [0.1, 0.15) is 23.7 Å². The van der Waals surface area contributed by atoms with Gasteiger partial charge < -0.3 is 9.84 Å². The average Bonchev–Trinajstić information content (AvgIpc) is 2.66. The van der Waals surface area contributed by atoms with E-state index in [1.165, 1.54) is 11.1 Å². The molecule has 14 heavy (non-hydrogen) atoms. The number of benzene rings is 1. The predicted octanol–water partition coefficient (Wildman–Crippen LogP) is 2.06.